The summed E-state index contributed by atoms with van der Waals surface area (Å²) in [7, 11) is 0. The maximum Gasteiger partial charge on any atom is 0.217 e. The van der Waals surface area contributed by atoms with E-state index in [0.29, 0.717) is 12.2 Å². The molecule has 3 N–H and O–H groups in total. The SMILES string of the molecule is CC(=O)NCc1cccc(-c2ccc(C(O)(c3cnc[nH]3)C(C)C)cc2)c1. The second-order valence-corrected chi connectivity index (χ2v) is 7.07. The van der Waals surface area contributed by atoms with E-state index in [9.17, 15) is 9.90 Å². The van der Waals surface area contributed by atoms with Crippen molar-refractivity contribution in [2.75, 3.05) is 0 Å². The van der Waals surface area contributed by atoms with Gasteiger partial charge in [-0.1, -0.05) is 56.3 Å². The highest BCUT2D eigenvalue weighted by molar-refractivity contribution is 5.73. The predicted octanol–water partition coefficient (Wildman–Crippen LogP) is 3.60. The summed E-state index contributed by atoms with van der Waals surface area (Å²) in [6.45, 7) is 5.99. The number of aromatic amines is 1. The molecule has 0 aliphatic rings. The average molecular weight is 363 g/mol. The van der Waals surface area contributed by atoms with Gasteiger partial charge in [-0.2, -0.15) is 0 Å². The number of benzene rings is 2. The van der Waals surface area contributed by atoms with Crippen LogP contribution in [0.5, 0.6) is 0 Å². The Morgan fingerprint density at radius 1 is 1.19 bits per heavy atom. The number of aliphatic hydroxyl groups is 1. The lowest BCUT2D eigenvalue weighted by Gasteiger charge is -2.31. The topological polar surface area (TPSA) is 78.0 Å². The molecule has 1 amide bonds. The van der Waals surface area contributed by atoms with Crippen LogP contribution in [0.4, 0.5) is 0 Å². The summed E-state index contributed by atoms with van der Waals surface area (Å²) in [4.78, 5) is 18.2. The minimum atomic E-state index is -1.12. The molecular weight excluding hydrogens is 338 g/mol. The third-order valence-corrected chi connectivity index (χ3v) is 4.87. The Morgan fingerprint density at radius 2 is 1.93 bits per heavy atom. The van der Waals surface area contributed by atoms with Crippen LogP contribution in [0.3, 0.4) is 0 Å². The highest BCUT2D eigenvalue weighted by atomic mass is 16.3. The van der Waals surface area contributed by atoms with Gasteiger partial charge < -0.3 is 15.4 Å². The van der Waals surface area contributed by atoms with Crippen molar-refractivity contribution in [2.24, 2.45) is 5.92 Å². The summed E-state index contributed by atoms with van der Waals surface area (Å²) in [5, 5.41) is 14.2. The molecule has 1 heterocycles. The molecule has 1 unspecified atom stereocenters. The highest BCUT2D eigenvalue weighted by Crippen LogP contribution is 2.36. The van der Waals surface area contributed by atoms with Crippen molar-refractivity contribution in [3.8, 4) is 11.1 Å². The molecule has 0 aliphatic carbocycles. The van der Waals surface area contributed by atoms with Crippen LogP contribution in [0.25, 0.3) is 11.1 Å². The van der Waals surface area contributed by atoms with E-state index in [1.165, 1.54) is 6.92 Å². The number of rotatable bonds is 6. The maximum atomic E-state index is 11.3. The number of carbonyl (C=O) groups is 1. The van der Waals surface area contributed by atoms with E-state index in [1.807, 2.05) is 56.3 Å². The predicted molar refractivity (Wildman–Crippen MR) is 106 cm³/mol. The Morgan fingerprint density at radius 3 is 2.52 bits per heavy atom. The second-order valence-electron chi connectivity index (χ2n) is 7.07. The van der Waals surface area contributed by atoms with Crippen molar-refractivity contribution in [3.63, 3.8) is 0 Å². The molecule has 5 nitrogen and oxygen atoms in total. The van der Waals surface area contributed by atoms with Gasteiger partial charge in [-0.3, -0.25) is 4.79 Å². The van der Waals surface area contributed by atoms with Crippen LogP contribution >= 0.6 is 0 Å². The number of imidazole rings is 1. The summed E-state index contributed by atoms with van der Waals surface area (Å²) in [6.07, 6.45) is 3.25. The molecular formula is C22H25N3O2. The monoisotopic (exact) mass is 363 g/mol. The van der Waals surface area contributed by atoms with Crippen molar-refractivity contribution in [1.29, 1.82) is 0 Å². The van der Waals surface area contributed by atoms with E-state index < -0.39 is 5.60 Å². The van der Waals surface area contributed by atoms with Gasteiger partial charge in [-0.15, -0.1) is 0 Å². The lowest BCUT2D eigenvalue weighted by Crippen LogP contribution is -2.33. The number of hydrogen-bond donors (Lipinski definition) is 3. The maximum absolute atomic E-state index is 11.3. The van der Waals surface area contributed by atoms with Crippen LogP contribution < -0.4 is 5.32 Å². The van der Waals surface area contributed by atoms with Crippen LogP contribution in [0.15, 0.2) is 61.1 Å². The zero-order valence-electron chi connectivity index (χ0n) is 15.9. The largest absolute Gasteiger partial charge is 0.379 e. The summed E-state index contributed by atoms with van der Waals surface area (Å²) in [5.74, 6) is -0.0682. The van der Waals surface area contributed by atoms with Gasteiger partial charge in [0.2, 0.25) is 5.91 Å². The van der Waals surface area contributed by atoms with E-state index >= 15 is 0 Å². The first kappa shape index (κ1) is 18.9. The Labute approximate surface area is 159 Å². The quantitative estimate of drug-likeness (QED) is 0.626. The highest BCUT2D eigenvalue weighted by Gasteiger charge is 2.36. The van der Waals surface area contributed by atoms with E-state index in [0.717, 1.165) is 22.3 Å². The molecule has 0 bridgehead atoms. The van der Waals surface area contributed by atoms with Gasteiger partial charge in [0, 0.05) is 13.5 Å². The van der Waals surface area contributed by atoms with Gasteiger partial charge in [0.15, 0.2) is 0 Å². The number of nitrogens with one attached hydrogen (secondary N) is 2. The molecule has 0 saturated heterocycles. The Hall–Kier alpha value is -2.92. The fraction of sp³-hybridized carbons (Fsp3) is 0.273. The fourth-order valence-corrected chi connectivity index (χ4v) is 3.27. The third kappa shape index (κ3) is 3.93. The molecule has 27 heavy (non-hydrogen) atoms. The minimum Gasteiger partial charge on any atom is -0.379 e. The molecule has 3 rings (SSSR count). The zero-order chi connectivity index (χ0) is 19.4. The van der Waals surface area contributed by atoms with Gasteiger partial charge in [0.05, 0.1) is 18.2 Å². The zero-order valence-corrected chi connectivity index (χ0v) is 15.9. The molecule has 0 aliphatic heterocycles. The van der Waals surface area contributed by atoms with Crippen LogP contribution in [-0.2, 0) is 16.9 Å². The summed E-state index contributed by atoms with van der Waals surface area (Å²) in [6, 6.07) is 16.0. The standard InChI is InChI=1S/C22H25N3O2/c1-15(2)22(27,21-13-23-14-25-21)20-9-7-18(8-10-20)19-6-4-5-17(11-19)12-24-16(3)26/h4-11,13-15,27H,12H2,1-3H3,(H,23,25)(H,24,26). The van der Waals surface area contributed by atoms with E-state index in [-0.39, 0.29) is 11.8 Å². The Balaban J connectivity index is 1.89. The fourth-order valence-electron chi connectivity index (χ4n) is 3.27. The van der Waals surface area contributed by atoms with E-state index in [2.05, 4.69) is 21.4 Å². The number of amides is 1. The molecule has 0 radical (unpaired) electrons. The van der Waals surface area contributed by atoms with Crippen LogP contribution in [0.2, 0.25) is 0 Å². The van der Waals surface area contributed by atoms with Gasteiger partial charge in [0.1, 0.15) is 5.60 Å². The number of nitrogens with zero attached hydrogens (tertiary/aromatic N) is 1. The molecule has 0 saturated carbocycles. The summed E-state index contributed by atoms with van der Waals surface area (Å²) >= 11 is 0. The van der Waals surface area contributed by atoms with Gasteiger partial charge >= 0.3 is 0 Å². The molecule has 3 aromatic rings. The molecule has 1 atom stereocenters. The Bertz CT molecular complexity index is 902. The molecule has 5 heteroatoms. The van der Waals surface area contributed by atoms with Crippen LogP contribution in [-0.4, -0.2) is 21.0 Å². The van der Waals surface area contributed by atoms with Gasteiger partial charge in [-0.25, -0.2) is 4.98 Å². The third-order valence-electron chi connectivity index (χ3n) is 4.87. The molecule has 0 spiro atoms. The summed E-state index contributed by atoms with van der Waals surface area (Å²) < 4.78 is 0. The first-order valence-corrected chi connectivity index (χ1v) is 9.06. The first-order valence-electron chi connectivity index (χ1n) is 9.06. The molecule has 0 fully saturated rings. The lowest BCUT2D eigenvalue weighted by molar-refractivity contribution is -0.119. The normalized spacial score (nSPS) is 13.4. The van der Waals surface area contributed by atoms with Crippen LogP contribution in [0.1, 0.15) is 37.6 Å². The smallest absolute Gasteiger partial charge is 0.217 e. The van der Waals surface area contributed by atoms with Gasteiger partial charge in [-0.05, 0) is 34.2 Å². The molecule has 2 aromatic carbocycles. The Kier molecular flexibility index (Phi) is 5.42. The van der Waals surface area contributed by atoms with Crippen LogP contribution in [0, 0.1) is 5.92 Å². The van der Waals surface area contributed by atoms with E-state index in [1.54, 1.807) is 12.5 Å². The van der Waals surface area contributed by atoms with Crippen molar-refractivity contribution >= 4 is 5.91 Å². The number of H-pyrrole nitrogens is 1. The lowest BCUT2D eigenvalue weighted by atomic mass is 9.80. The van der Waals surface area contributed by atoms with Crippen molar-refractivity contribution in [1.82, 2.24) is 15.3 Å². The average Bonchev–Trinajstić information content (AvgIpc) is 3.21. The first-order chi connectivity index (χ1) is 12.9. The second kappa shape index (κ2) is 7.76. The molecule has 140 valence electrons. The van der Waals surface area contributed by atoms with Gasteiger partial charge in [0.25, 0.3) is 0 Å². The minimum absolute atomic E-state index is 0.0233. The summed E-state index contributed by atoms with van der Waals surface area (Å²) in [5.41, 5.74) is 3.55. The number of aromatic nitrogens is 2. The van der Waals surface area contributed by atoms with Crippen molar-refractivity contribution < 1.29 is 9.90 Å². The number of hydrogen-bond acceptors (Lipinski definition) is 3. The molecule has 1 aromatic heterocycles. The van der Waals surface area contributed by atoms with Crippen molar-refractivity contribution in [2.45, 2.75) is 32.9 Å². The number of carbonyl (C=O) groups excluding carboxylic acids is 1. The van der Waals surface area contributed by atoms with Crippen molar-refractivity contribution in [3.05, 3.63) is 77.9 Å². The van der Waals surface area contributed by atoms with E-state index in [4.69, 9.17) is 0 Å².